The van der Waals surface area contributed by atoms with Crippen molar-refractivity contribution in [1.29, 1.82) is 0 Å². The van der Waals surface area contributed by atoms with Crippen LogP contribution in [-0.2, 0) is 0 Å². The van der Waals surface area contributed by atoms with E-state index in [2.05, 4.69) is 11.8 Å². The molecular formula is C11H14OS. The number of rotatable bonds is 1. The van der Waals surface area contributed by atoms with Gasteiger partial charge in [0.2, 0.25) is 0 Å². The zero-order valence-corrected chi connectivity index (χ0v) is 8.98. The van der Waals surface area contributed by atoms with Crippen LogP contribution in [0.2, 0.25) is 0 Å². The number of hydrogen-bond donors (Lipinski definition) is 1. The van der Waals surface area contributed by atoms with Crippen LogP contribution in [0.4, 0.5) is 0 Å². The van der Waals surface area contributed by atoms with Crippen LogP contribution in [0.15, 0.2) is 16.8 Å². The van der Waals surface area contributed by atoms with Gasteiger partial charge in [-0.15, -0.1) is 0 Å². The highest BCUT2D eigenvalue weighted by Gasteiger charge is 2.07. The molecule has 1 aromatic heterocycles. The summed E-state index contributed by atoms with van der Waals surface area (Å²) in [4.78, 5) is 0. The van der Waals surface area contributed by atoms with Crippen LogP contribution < -0.4 is 0 Å². The normalized spacial score (nSPS) is 13.2. The Balaban J connectivity index is 2.69. The lowest BCUT2D eigenvalue weighted by Crippen LogP contribution is -2.01. The molecule has 1 heterocycles. The zero-order valence-electron chi connectivity index (χ0n) is 8.16. The predicted octanol–water partition coefficient (Wildman–Crippen LogP) is 2.83. The topological polar surface area (TPSA) is 20.2 Å². The van der Waals surface area contributed by atoms with Gasteiger partial charge in [-0.25, -0.2) is 0 Å². The first-order chi connectivity index (χ1) is 5.99. The Morgan fingerprint density at radius 2 is 2.15 bits per heavy atom. The zero-order chi connectivity index (χ0) is 9.90. The van der Waals surface area contributed by atoms with Gasteiger partial charge in [-0.3, -0.25) is 0 Å². The van der Waals surface area contributed by atoms with Crippen molar-refractivity contribution in [1.82, 2.24) is 0 Å². The lowest BCUT2D eigenvalue weighted by atomic mass is 9.97. The fourth-order valence-electron chi connectivity index (χ4n) is 0.799. The maximum absolute atomic E-state index is 9.61. The molecule has 0 aliphatic carbocycles. The Labute approximate surface area is 83.4 Å². The van der Waals surface area contributed by atoms with Gasteiger partial charge in [-0.2, -0.15) is 11.3 Å². The molecule has 70 valence electrons. The molecule has 0 aliphatic heterocycles. The molecular weight excluding hydrogens is 180 g/mol. The van der Waals surface area contributed by atoms with Gasteiger partial charge in [0.25, 0.3) is 0 Å². The Bertz CT molecular complexity index is 308. The van der Waals surface area contributed by atoms with Crippen molar-refractivity contribution in [3.63, 3.8) is 0 Å². The summed E-state index contributed by atoms with van der Waals surface area (Å²) in [7, 11) is 0. The summed E-state index contributed by atoms with van der Waals surface area (Å²) >= 11 is 1.57. The minimum Gasteiger partial charge on any atom is -0.376 e. The highest BCUT2D eigenvalue weighted by atomic mass is 32.1. The lowest BCUT2D eigenvalue weighted by molar-refractivity contribution is 0.238. The summed E-state index contributed by atoms with van der Waals surface area (Å²) in [5.41, 5.74) is 0.846. The quantitative estimate of drug-likeness (QED) is 0.682. The molecule has 0 fully saturated rings. The van der Waals surface area contributed by atoms with Crippen LogP contribution in [0.1, 0.15) is 32.4 Å². The third-order valence-corrected chi connectivity index (χ3v) is 2.14. The van der Waals surface area contributed by atoms with Crippen LogP contribution in [-0.4, -0.2) is 5.11 Å². The molecule has 1 aromatic rings. The molecule has 0 aromatic carbocycles. The maximum atomic E-state index is 9.61. The van der Waals surface area contributed by atoms with Crippen molar-refractivity contribution < 1.29 is 5.11 Å². The first-order valence-corrected chi connectivity index (χ1v) is 5.16. The molecule has 0 bridgehead atoms. The smallest absolute Gasteiger partial charge is 0.141 e. The van der Waals surface area contributed by atoms with E-state index in [1.807, 2.05) is 37.6 Å². The van der Waals surface area contributed by atoms with Crippen LogP contribution in [0.25, 0.3) is 0 Å². The minimum absolute atomic E-state index is 0.0446. The molecule has 0 amide bonds. The van der Waals surface area contributed by atoms with Gasteiger partial charge in [-0.1, -0.05) is 11.8 Å². The maximum Gasteiger partial charge on any atom is 0.141 e. The molecule has 0 aliphatic rings. The van der Waals surface area contributed by atoms with Crippen LogP contribution >= 0.6 is 11.3 Å². The lowest BCUT2D eigenvalue weighted by Gasteiger charge is -2.08. The molecule has 2 heteroatoms. The summed E-state index contributed by atoms with van der Waals surface area (Å²) in [5, 5.41) is 13.5. The third kappa shape index (κ3) is 3.63. The highest BCUT2D eigenvalue weighted by molar-refractivity contribution is 7.07. The van der Waals surface area contributed by atoms with Crippen LogP contribution in [0, 0.1) is 17.3 Å². The largest absolute Gasteiger partial charge is 0.376 e. The SMILES string of the molecule is CC(C)(C)C#CC(O)c1ccsc1. The molecule has 1 rings (SSSR count). The fourth-order valence-corrected chi connectivity index (χ4v) is 1.48. The van der Waals surface area contributed by atoms with E-state index in [4.69, 9.17) is 0 Å². The third-order valence-electron chi connectivity index (χ3n) is 1.44. The second-order valence-corrected chi connectivity index (χ2v) is 4.76. The van der Waals surface area contributed by atoms with Gasteiger partial charge in [0.05, 0.1) is 0 Å². The van der Waals surface area contributed by atoms with Crippen molar-refractivity contribution in [3.05, 3.63) is 22.4 Å². The molecule has 1 N–H and O–H groups in total. The van der Waals surface area contributed by atoms with E-state index >= 15 is 0 Å². The fraction of sp³-hybridized carbons (Fsp3) is 0.455. The van der Waals surface area contributed by atoms with Gasteiger partial charge >= 0.3 is 0 Å². The average Bonchev–Trinajstić information content (AvgIpc) is 2.50. The number of aliphatic hydroxyl groups is 1. The van der Waals surface area contributed by atoms with E-state index in [1.54, 1.807) is 11.3 Å². The van der Waals surface area contributed by atoms with E-state index in [0.717, 1.165) is 5.56 Å². The molecule has 1 unspecified atom stereocenters. The highest BCUT2D eigenvalue weighted by Crippen LogP contribution is 2.17. The number of hydrogen-bond acceptors (Lipinski definition) is 2. The van der Waals surface area contributed by atoms with Crippen molar-refractivity contribution in [3.8, 4) is 11.8 Å². The van der Waals surface area contributed by atoms with Crippen molar-refractivity contribution in [2.75, 3.05) is 0 Å². The first-order valence-electron chi connectivity index (χ1n) is 4.22. The Kier molecular flexibility index (Phi) is 3.13. The van der Waals surface area contributed by atoms with Gasteiger partial charge in [0.1, 0.15) is 6.10 Å². The molecule has 0 saturated heterocycles. The second-order valence-electron chi connectivity index (χ2n) is 3.98. The summed E-state index contributed by atoms with van der Waals surface area (Å²) in [6.07, 6.45) is -0.634. The molecule has 0 spiro atoms. The van der Waals surface area contributed by atoms with Crippen molar-refractivity contribution in [2.45, 2.75) is 26.9 Å². The molecule has 1 atom stereocenters. The van der Waals surface area contributed by atoms with Gasteiger partial charge < -0.3 is 5.11 Å². The average molecular weight is 194 g/mol. The Hall–Kier alpha value is -0.780. The Morgan fingerprint density at radius 3 is 2.62 bits per heavy atom. The van der Waals surface area contributed by atoms with Gasteiger partial charge in [0, 0.05) is 11.0 Å². The standard InChI is InChI=1S/C11H14OS/c1-11(2,3)6-4-10(12)9-5-7-13-8-9/h5,7-8,10,12H,1-3H3. The number of thiophene rings is 1. The van der Waals surface area contributed by atoms with E-state index < -0.39 is 6.10 Å². The van der Waals surface area contributed by atoms with Crippen molar-refractivity contribution >= 4 is 11.3 Å². The van der Waals surface area contributed by atoms with E-state index in [9.17, 15) is 5.11 Å². The summed E-state index contributed by atoms with van der Waals surface area (Å²) in [6, 6.07) is 1.90. The summed E-state index contributed by atoms with van der Waals surface area (Å²) < 4.78 is 0. The number of aliphatic hydroxyl groups excluding tert-OH is 1. The van der Waals surface area contributed by atoms with E-state index in [-0.39, 0.29) is 5.41 Å². The molecule has 1 nitrogen and oxygen atoms in total. The van der Waals surface area contributed by atoms with Crippen LogP contribution in [0.3, 0.4) is 0 Å². The molecule has 13 heavy (non-hydrogen) atoms. The predicted molar refractivity (Wildman–Crippen MR) is 56.5 cm³/mol. The molecule has 0 saturated carbocycles. The van der Waals surface area contributed by atoms with Crippen LogP contribution in [0.5, 0.6) is 0 Å². The monoisotopic (exact) mass is 194 g/mol. The second kappa shape index (κ2) is 3.95. The van der Waals surface area contributed by atoms with E-state index in [0.29, 0.717) is 0 Å². The van der Waals surface area contributed by atoms with Gasteiger partial charge in [0.15, 0.2) is 0 Å². The van der Waals surface area contributed by atoms with Crippen molar-refractivity contribution in [2.24, 2.45) is 5.41 Å². The first kappa shape index (κ1) is 10.3. The van der Waals surface area contributed by atoms with E-state index in [1.165, 1.54) is 0 Å². The summed E-state index contributed by atoms with van der Waals surface area (Å²) in [5.74, 6) is 5.85. The Morgan fingerprint density at radius 1 is 1.46 bits per heavy atom. The minimum atomic E-state index is -0.634. The van der Waals surface area contributed by atoms with Gasteiger partial charge in [-0.05, 0) is 37.6 Å². The molecule has 0 radical (unpaired) electrons. The summed E-state index contributed by atoms with van der Waals surface area (Å²) in [6.45, 7) is 6.08.